The minimum Gasteiger partial charge on any atom is -0.388 e. The van der Waals surface area contributed by atoms with Gasteiger partial charge in [0.15, 0.2) is 0 Å². The molecule has 7 atom stereocenters. The molecule has 2 amide bonds. The fourth-order valence-electron chi connectivity index (χ4n) is 6.66. The summed E-state index contributed by atoms with van der Waals surface area (Å²) in [5.41, 5.74) is 0. The van der Waals surface area contributed by atoms with Gasteiger partial charge in [0.2, 0.25) is 21.8 Å². The van der Waals surface area contributed by atoms with Crippen LogP contribution in [0.4, 0.5) is 4.39 Å². The van der Waals surface area contributed by atoms with Crippen LogP contribution in [-0.4, -0.2) is 133 Å². The van der Waals surface area contributed by atoms with Crippen LogP contribution in [0.25, 0.3) is 0 Å². The molecule has 0 radical (unpaired) electrons. The quantitative estimate of drug-likeness (QED) is 0.402. The molecule has 0 unspecified atom stereocenters. The molecule has 5 fully saturated rings. The van der Waals surface area contributed by atoms with Crippen molar-refractivity contribution in [1.29, 1.82) is 0 Å². The number of hydrogen-bond acceptors (Lipinski definition) is 9. The first-order valence-corrected chi connectivity index (χ1v) is 15.8. The van der Waals surface area contributed by atoms with Crippen LogP contribution < -0.4 is 5.32 Å². The van der Waals surface area contributed by atoms with Crippen molar-refractivity contribution in [3.63, 3.8) is 0 Å². The van der Waals surface area contributed by atoms with E-state index in [0.717, 1.165) is 35.7 Å². The number of carbonyl (C=O) groups is 2. The van der Waals surface area contributed by atoms with E-state index in [-0.39, 0.29) is 61.5 Å². The molecule has 4 saturated heterocycles. The summed E-state index contributed by atoms with van der Waals surface area (Å²) in [6.07, 6.45) is -2.46. The molecule has 226 valence electrons. The number of fused-ring (bicyclic) bond motifs is 6. The molecule has 1 aliphatic carbocycles. The molecule has 1 aromatic rings. The molecular formula is C27H37FN4O8S. The third kappa shape index (κ3) is 5.75. The summed E-state index contributed by atoms with van der Waals surface area (Å²) in [5.74, 6) is -1.17. The van der Waals surface area contributed by atoms with Crippen LogP contribution in [0, 0.1) is 5.82 Å². The van der Waals surface area contributed by atoms with Crippen LogP contribution in [0.15, 0.2) is 29.2 Å². The second kappa shape index (κ2) is 11.5. The van der Waals surface area contributed by atoms with Gasteiger partial charge < -0.3 is 29.9 Å². The highest BCUT2D eigenvalue weighted by atomic mass is 32.2. The maximum atomic E-state index is 14.0. The van der Waals surface area contributed by atoms with Gasteiger partial charge in [-0.1, -0.05) is 12.5 Å². The van der Waals surface area contributed by atoms with Crippen LogP contribution in [0.1, 0.15) is 32.1 Å². The van der Waals surface area contributed by atoms with Crippen LogP contribution in [0.2, 0.25) is 0 Å². The second-order valence-corrected chi connectivity index (χ2v) is 13.7. The van der Waals surface area contributed by atoms with E-state index in [0.29, 0.717) is 19.5 Å². The van der Waals surface area contributed by atoms with Crippen molar-refractivity contribution in [3.05, 3.63) is 30.1 Å². The van der Waals surface area contributed by atoms with Gasteiger partial charge in [-0.2, -0.15) is 4.31 Å². The summed E-state index contributed by atoms with van der Waals surface area (Å²) in [5, 5.41) is 24.5. The van der Waals surface area contributed by atoms with Gasteiger partial charge in [-0.05, 0) is 37.5 Å². The van der Waals surface area contributed by atoms with Crippen molar-refractivity contribution < 1.29 is 42.1 Å². The normalized spacial score (nSPS) is 36.3. The van der Waals surface area contributed by atoms with E-state index in [2.05, 4.69) is 10.2 Å². The van der Waals surface area contributed by atoms with Gasteiger partial charge in [0.25, 0.3) is 0 Å². The Hall–Kier alpha value is -2.20. The molecule has 1 saturated carbocycles. The molecule has 6 bridgehead atoms. The molecule has 3 N–H and O–H groups in total. The second-order valence-electron chi connectivity index (χ2n) is 11.8. The largest absolute Gasteiger partial charge is 0.388 e. The van der Waals surface area contributed by atoms with Gasteiger partial charge in [-0.3, -0.25) is 14.5 Å². The highest BCUT2D eigenvalue weighted by Crippen LogP contribution is 2.33. The number of hydrogen-bond donors (Lipinski definition) is 3. The average molecular weight is 597 g/mol. The van der Waals surface area contributed by atoms with Crippen molar-refractivity contribution in [2.24, 2.45) is 0 Å². The SMILES string of the molecule is O=C1C[C@@H]2O[C@H](CN(S(=O)(=O)c3cccc(F)c3)C[C@@H]3CN(CCO3)C(=O)[C@@H]3C[C@@H](CN3C3CCC3)N1)[C@@H](O)[C@H]2O. The Morgan fingerprint density at radius 2 is 1.80 bits per heavy atom. The fraction of sp³-hybridized carbons (Fsp3) is 0.704. The summed E-state index contributed by atoms with van der Waals surface area (Å²) < 4.78 is 54.3. The number of nitrogens with one attached hydrogen (secondary N) is 1. The Morgan fingerprint density at radius 3 is 2.54 bits per heavy atom. The summed E-state index contributed by atoms with van der Waals surface area (Å²) in [6, 6.07) is 4.22. The van der Waals surface area contributed by atoms with E-state index in [1.807, 2.05) is 0 Å². The van der Waals surface area contributed by atoms with E-state index >= 15 is 0 Å². The molecule has 5 aliphatic rings. The Labute approximate surface area is 238 Å². The van der Waals surface area contributed by atoms with E-state index < -0.39 is 52.4 Å². The van der Waals surface area contributed by atoms with Crippen molar-refractivity contribution in [1.82, 2.24) is 19.4 Å². The summed E-state index contributed by atoms with van der Waals surface area (Å²) in [4.78, 5) is 30.4. The van der Waals surface area contributed by atoms with Crippen LogP contribution >= 0.6 is 0 Å². The molecule has 0 aromatic heterocycles. The Morgan fingerprint density at radius 1 is 1.02 bits per heavy atom. The Kier molecular flexibility index (Phi) is 8.09. The first kappa shape index (κ1) is 28.9. The number of likely N-dealkylation sites (tertiary alicyclic amines) is 1. The maximum absolute atomic E-state index is 14.0. The van der Waals surface area contributed by atoms with E-state index in [9.17, 15) is 32.6 Å². The number of carbonyl (C=O) groups excluding carboxylic acids is 2. The van der Waals surface area contributed by atoms with E-state index in [1.165, 1.54) is 12.1 Å². The van der Waals surface area contributed by atoms with Gasteiger partial charge >= 0.3 is 0 Å². The molecule has 6 rings (SSSR count). The minimum absolute atomic E-state index is 0.0668. The zero-order valence-electron chi connectivity index (χ0n) is 22.7. The van der Waals surface area contributed by atoms with E-state index in [1.54, 1.807) is 4.90 Å². The maximum Gasteiger partial charge on any atom is 0.243 e. The average Bonchev–Trinajstić information content (AvgIpc) is 3.42. The number of morpholine rings is 1. The number of nitrogens with zero attached hydrogens (tertiary/aromatic N) is 3. The van der Waals surface area contributed by atoms with Gasteiger partial charge in [0.05, 0.1) is 36.2 Å². The molecule has 12 nitrogen and oxygen atoms in total. The van der Waals surface area contributed by atoms with Gasteiger partial charge in [-0.15, -0.1) is 0 Å². The monoisotopic (exact) mass is 596 g/mol. The van der Waals surface area contributed by atoms with Crippen molar-refractivity contribution in [2.45, 2.75) is 85.6 Å². The highest BCUT2D eigenvalue weighted by Gasteiger charge is 2.48. The highest BCUT2D eigenvalue weighted by molar-refractivity contribution is 7.89. The lowest BCUT2D eigenvalue weighted by Crippen LogP contribution is -2.56. The molecule has 4 heterocycles. The first-order valence-electron chi connectivity index (χ1n) is 14.3. The lowest BCUT2D eigenvalue weighted by molar-refractivity contribution is -0.145. The predicted octanol–water partition coefficient (Wildman–Crippen LogP) is -0.952. The third-order valence-corrected chi connectivity index (χ3v) is 10.9. The molecular weight excluding hydrogens is 559 g/mol. The predicted molar refractivity (Wildman–Crippen MR) is 141 cm³/mol. The fourth-order valence-corrected chi connectivity index (χ4v) is 8.18. The molecule has 1 aromatic carbocycles. The molecule has 41 heavy (non-hydrogen) atoms. The summed E-state index contributed by atoms with van der Waals surface area (Å²) in [6.45, 7) is 0.707. The van der Waals surface area contributed by atoms with Gasteiger partial charge in [-0.25, -0.2) is 12.8 Å². The van der Waals surface area contributed by atoms with Crippen molar-refractivity contribution in [3.8, 4) is 0 Å². The lowest BCUT2D eigenvalue weighted by atomic mass is 9.91. The van der Waals surface area contributed by atoms with Crippen LogP contribution in [0.3, 0.4) is 0 Å². The third-order valence-electron chi connectivity index (χ3n) is 9.06. The van der Waals surface area contributed by atoms with Crippen molar-refractivity contribution in [2.75, 3.05) is 39.3 Å². The number of rotatable bonds is 3. The van der Waals surface area contributed by atoms with E-state index in [4.69, 9.17) is 9.47 Å². The number of aliphatic hydroxyl groups excluding tert-OH is 2. The first-order chi connectivity index (χ1) is 19.6. The number of ether oxygens (including phenoxy) is 2. The molecule has 4 aliphatic heterocycles. The molecule has 14 heteroatoms. The van der Waals surface area contributed by atoms with Crippen LogP contribution in [0.5, 0.6) is 0 Å². The van der Waals surface area contributed by atoms with Gasteiger partial charge in [0, 0.05) is 44.8 Å². The number of halogens is 1. The zero-order chi connectivity index (χ0) is 28.9. The number of aliphatic hydroxyl groups is 2. The Balaban J connectivity index is 1.32. The standard InChI is InChI=1S/C27H37FN4O8S/c28-16-3-1-6-20(9-16)41(37,38)31-14-19-13-30(7-8-39-19)27(36)21-10-17(12-32(21)18-4-2-5-18)29-24(33)11-22-25(34)26(35)23(15-31)40-22/h1,3,6,9,17-19,21-23,25-26,34-35H,2,4-5,7-8,10-15H2,(H,29,33)/t17-,19-,21-,22-,23+,25-,26+/m0/s1. The smallest absolute Gasteiger partial charge is 0.243 e. The zero-order valence-corrected chi connectivity index (χ0v) is 23.5. The summed E-state index contributed by atoms with van der Waals surface area (Å²) >= 11 is 0. The van der Waals surface area contributed by atoms with Crippen LogP contribution in [-0.2, 0) is 29.1 Å². The topological polar surface area (TPSA) is 149 Å². The summed E-state index contributed by atoms with van der Waals surface area (Å²) in [7, 11) is -4.30. The number of amides is 2. The van der Waals surface area contributed by atoms with Gasteiger partial charge in [0.1, 0.15) is 24.1 Å². The number of benzene rings is 1. The molecule has 0 spiro atoms. The Bertz CT molecular complexity index is 1270. The number of sulfonamides is 1. The van der Waals surface area contributed by atoms with Crippen molar-refractivity contribution >= 4 is 21.8 Å². The minimum atomic E-state index is -4.30. The lowest BCUT2D eigenvalue weighted by Gasteiger charge is -2.41.